The first kappa shape index (κ1) is 20.9. The van der Waals surface area contributed by atoms with Crippen molar-refractivity contribution in [2.75, 3.05) is 13.2 Å². The molecule has 1 aromatic rings. The number of rotatable bonds is 8. The van der Waals surface area contributed by atoms with E-state index in [9.17, 15) is 13.2 Å². The number of esters is 1. The number of ether oxygens (including phenoxy) is 2. The van der Waals surface area contributed by atoms with Crippen LogP contribution in [-0.2, 0) is 28.6 Å². The van der Waals surface area contributed by atoms with Crippen molar-refractivity contribution < 1.29 is 26.9 Å². The summed E-state index contributed by atoms with van der Waals surface area (Å²) in [5.41, 5.74) is 0.442. The van der Waals surface area contributed by atoms with Gasteiger partial charge in [0.25, 0.3) is 10.1 Å². The highest BCUT2D eigenvalue weighted by Gasteiger charge is 2.39. The number of hydrogen-bond acceptors (Lipinski definition) is 6. The summed E-state index contributed by atoms with van der Waals surface area (Å²) in [5.74, 6) is -0.0675. The predicted molar refractivity (Wildman–Crippen MR) is 97.2 cm³/mol. The molecule has 0 amide bonds. The summed E-state index contributed by atoms with van der Waals surface area (Å²) in [5, 5.41) is 0. The molecular formula is C19H28O6S. The van der Waals surface area contributed by atoms with E-state index < -0.39 is 27.8 Å². The maximum atomic E-state index is 12.2. The van der Waals surface area contributed by atoms with Gasteiger partial charge >= 0.3 is 5.97 Å². The van der Waals surface area contributed by atoms with E-state index in [0.29, 0.717) is 6.61 Å². The average molecular weight is 384 g/mol. The van der Waals surface area contributed by atoms with Gasteiger partial charge in [-0.15, -0.1) is 0 Å². The fraction of sp³-hybridized carbons (Fsp3) is 0.632. The molecule has 0 heterocycles. The molecule has 1 fully saturated rings. The van der Waals surface area contributed by atoms with E-state index >= 15 is 0 Å². The van der Waals surface area contributed by atoms with Crippen LogP contribution >= 0.6 is 0 Å². The normalized spacial score (nSPS) is 21.3. The van der Waals surface area contributed by atoms with Gasteiger partial charge in [-0.25, -0.2) is 4.79 Å². The van der Waals surface area contributed by atoms with Crippen molar-refractivity contribution in [3.63, 3.8) is 0 Å². The highest BCUT2D eigenvalue weighted by atomic mass is 32.2. The van der Waals surface area contributed by atoms with Crippen molar-refractivity contribution in [2.24, 2.45) is 11.8 Å². The Morgan fingerprint density at radius 2 is 1.73 bits per heavy atom. The highest BCUT2D eigenvalue weighted by Crippen LogP contribution is 2.39. The molecule has 146 valence electrons. The topological polar surface area (TPSA) is 78.9 Å². The Kier molecular flexibility index (Phi) is 6.47. The minimum atomic E-state index is -3.74. The first-order valence-corrected chi connectivity index (χ1v) is 10.2. The van der Waals surface area contributed by atoms with Crippen LogP contribution in [0.5, 0.6) is 0 Å². The smallest absolute Gasteiger partial charge is 0.335 e. The first-order chi connectivity index (χ1) is 12.0. The molecule has 0 N–H and O–H groups in total. The maximum absolute atomic E-state index is 12.2. The largest absolute Gasteiger partial charge is 0.458 e. The van der Waals surface area contributed by atoms with Gasteiger partial charge in [-0.3, -0.25) is 4.18 Å². The molecule has 26 heavy (non-hydrogen) atoms. The summed E-state index contributed by atoms with van der Waals surface area (Å²) >= 11 is 0. The third-order valence-corrected chi connectivity index (χ3v) is 5.41. The van der Waals surface area contributed by atoms with Crippen LogP contribution in [0.3, 0.4) is 0 Å². The van der Waals surface area contributed by atoms with Gasteiger partial charge in [-0.1, -0.05) is 17.7 Å². The SMILES string of the molecule is Cc1ccc(S(=O)(=O)OC[C@H]2C[C@H]2COC(C)C(=O)OC(C)(C)C)cc1. The molecular weight excluding hydrogens is 356 g/mol. The van der Waals surface area contributed by atoms with Crippen LogP contribution < -0.4 is 0 Å². The summed E-state index contributed by atoms with van der Waals surface area (Å²) in [6.45, 7) is 9.49. The zero-order valence-corrected chi connectivity index (χ0v) is 16.8. The third kappa shape index (κ3) is 6.37. The van der Waals surface area contributed by atoms with Gasteiger partial charge in [0.05, 0.1) is 18.1 Å². The van der Waals surface area contributed by atoms with Crippen molar-refractivity contribution in [1.82, 2.24) is 0 Å². The molecule has 1 unspecified atom stereocenters. The molecule has 0 saturated heterocycles. The lowest BCUT2D eigenvalue weighted by Gasteiger charge is -2.22. The van der Waals surface area contributed by atoms with Crippen LogP contribution in [0.4, 0.5) is 0 Å². The van der Waals surface area contributed by atoms with E-state index in [0.717, 1.165) is 12.0 Å². The number of benzene rings is 1. The van der Waals surface area contributed by atoms with Gasteiger partial charge < -0.3 is 9.47 Å². The summed E-state index contributed by atoms with van der Waals surface area (Å²) < 4.78 is 40.3. The molecule has 1 aliphatic carbocycles. The fourth-order valence-electron chi connectivity index (χ4n) is 2.39. The summed E-state index contributed by atoms with van der Waals surface area (Å²) in [6.07, 6.45) is 0.178. The van der Waals surface area contributed by atoms with Gasteiger partial charge in [-0.05, 0) is 65.0 Å². The van der Waals surface area contributed by atoms with Crippen LogP contribution in [0.1, 0.15) is 39.7 Å². The second-order valence-corrected chi connectivity index (χ2v) is 9.43. The monoisotopic (exact) mass is 384 g/mol. The van der Waals surface area contributed by atoms with Crippen molar-refractivity contribution in [3.05, 3.63) is 29.8 Å². The fourth-order valence-corrected chi connectivity index (χ4v) is 3.35. The molecule has 0 aromatic heterocycles. The molecule has 3 atom stereocenters. The quantitative estimate of drug-likeness (QED) is 0.506. The summed E-state index contributed by atoms with van der Waals surface area (Å²) in [7, 11) is -3.74. The van der Waals surface area contributed by atoms with Crippen LogP contribution in [0.15, 0.2) is 29.2 Å². The lowest BCUT2D eigenvalue weighted by molar-refractivity contribution is -0.167. The van der Waals surface area contributed by atoms with Crippen molar-refractivity contribution >= 4 is 16.1 Å². The predicted octanol–water partition coefficient (Wildman–Crippen LogP) is 3.08. The Balaban J connectivity index is 1.72. The van der Waals surface area contributed by atoms with Gasteiger partial charge in [0.2, 0.25) is 0 Å². The molecule has 1 saturated carbocycles. The molecule has 0 radical (unpaired) electrons. The second-order valence-electron chi connectivity index (χ2n) is 7.82. The van der Waals surface area contributed by atoms with Crippen LogP contribution in [-0.4, -0.2) is 39.3 Å². The lowest BCUT2D eigenvalue weighted by Crippen LogP contribution is -2.32. The summed E-state index contributed by atoms with van der Waals surface area (Å²) in [4.78, 5) is 12.0. The van der Waals surface area contributed by atoms with Gasteiger partial charge in [-0.2, -0.15) is 8.42 Å². The summed E-state index contributed by atoms with van der Waals surface area (Å²) in [6, 6.07) is 6.56. The van der Waals surface area contributed by atoms with Gasteiger partial charge in [0.1, 0.15) is 5.60 Å². The van der Waals surface area contributed by atoms with E-state index in [1.54, 1.807) is 52.0 Å². The Bertz CT molecular complexity index is 717. The number of carbonyl (C=O) groups is 1. The minimum absolute atomic E-state index is 0.126. The van der Waals surface area contributed by atoms with E-state index in [1.165, 1.54) is 0 Å². The molecule has 7 heteroatoms. The maximum Gasteiger partial charge on any atom is 0.335 e. The Labute approximate surface area is 156 Å². The van der Waals surface area contributed by atoms with E-state index in [1.807, 2.05) is 6.92 Å². The molecule has 1 aromatic carbocycles. The Morgan fingerprint density at radius 1 is 1.15 bits per heavy atom. The van der Waals surface area contributed by atoms with Crippen molar-refractivity contribution in [3.8, 4) is 0 Å². The standard InChI is InChI=1S/C19H28O6S/c1-13-6-8-17(9-7-13)26(21,22)24-12-16-10-15(16)11-23-14(2)18(20)25-19(3,4)5/h6-9,14-16H,10-12H2,1-5H3/t14?,15-,16+/m0/s1. The van der Waals surface area contributed by atoms with E-state index in [2.05, 4.69) is 0 Å². The van der Waals surface area contributed by atoms with Gasteiger partial charge in [0.15, 0.2) is 6.10 Å². The van der Waals surface area contributed by atoms with Crippen LogP contribution in [0.25, 0.3) is 0 Å². The molecule has 2 rings (SSSR count). The zero-order chi connectivity index (χ0) is 19.5. The van der Waals surface area contributed by atoms with Crippen molar-refractivity contribution in [2.45, 2.75) is 57.6 Å². The second kappa shape index (κ2) is 8.06. The molecule has 6 nitrogen and oxygen atoms in total. The first-order valence-electron chi connectivity index (χ1n) is 8.78. The van der Waals surface area contributed by atoms with Crippen molar-refractivity contribution in [1.29, 1.82) is 0 Å². The number of aryl methyl sites for hydroxylation is 1. The molecule has 0 aliphatic heterocycles. The number of hydrogen-bond donors (Lipinski definition) is 0. The molecule has 1 aliphatic rings. The third-order valence-electron chi connectivity index (χ3n) is 4.11. The van der Waals surface area contributed by atoms with E-state index in [-0.39, 0.29) is 23.3 Å². The zero-order valence-electron chi connectivity index (χ0n) is 16.0. The Hall–Kier alpha value is -1.44. The lowest BCUT2D eigenvalue weighted by atomic mass is 10.2. The van der Waals surface area contributed by atoms with Crippen LogP contribution in [0, 0.1) is 18.8 Å². The van der Waals surface area contributed by atoms with Crippen LogP contribution in [0.2, 0.25) is 0 Å². The Morgan fingerprint density at radius 3 is 2.31 bits per heavy atom. The van der Waals surface area contributed by atoms with Gasteiger partial charge in [0, 0.05) is 0 Å². The average Bonchev–Trinajstić information content (AvgIpc) is 3.28. The molecule has 0 spiro atoms. The molecule has 0 bridgehead atoms. The highest BCUT2D eigenvalue weighted by molar-refractivity contribution is 7.86. The minimum Gasteiger partial charge on any atom is -0.458 e. The van der Waals surface area contributed by atoms with E-state index in [4.69, 9.17) is 13.7 Å². The number of carbonyl (C=O) groups excluding carboxylic acids is 1.